The Balaban J connectivity index is 2.39. The molecule has 1 heteroatoms. The highest BCUT2D eigenvalue weighted by atomic mass is 16.3. The second kappa shape index (κ2) is 34.9. The molecule has 0 unspecified atom stereocenters. The Morgan fingerprint density at radius 3 is 0.766 bits per heavy atom. The van der Waals surface area contributed by atoms with Crippen molar-refractivity contribution in [2.24, 2.45) is 0 Å². The molecule has 0 heterocycles. The van der Waals surface area contributed by atoms with Crippen molar-refractivity contribution in [2.75, 3.05) is 0 Å². The Morgan fingerprint density at radius 2 is 0.511 bits per heavy atom. The molecule has 1 nitrogen and oxygen atoms in total. The first-order valence-corrected chi connectivity index (χ1v) is 22.1. The van der Waals surface area contributed by atoms with Crippen LogP contribution >= 0.6 is 0 Å². The smallest absolute Gasteiger partial charge is 0.121 e. The molecule has 0 amide bonds. The molecule has 1 aromatic carbocycles. The van der Waals surface area contributed by atoms with Crippen LogP contribution < -0.4 is 0 Å². The van der Waals surface area contributed by atoms with Gasteiger partial charge in [-0.15, -0.1) is 0 Å². The van der Waals surface area contributed by atoms with Gasteiger partial charge >= 0.3 is 0 Å². The zero-order valence-electron chi connectivity index (χ0n) is 32.8. The summed E-state index contributed by atoms with van der Waals surface area (Å²) in [5, 5.41) is 11.3. The van der Waals surface area contributed by atoms with E-state index in [9.17, 15) is 5.11 Å². The lowest BCUT2D eigenvalue weighted by molar-refractivity contribution is 0.456. The Morgan fingerprint density at radius 1 is 0.298 bits per heavy atom. The number of phenols is 1. The molecule has 0 aliphatic carbocycles. The predicted octanol–water partition coefficient (Wildman–Crippen LogP) is 16.3. The fraction of sp³-hybridized carbons (Fsp3) is 0.870. The third-order valence-corrected chi connectivity index (χ3v) is 10.7. The topological polar surface area (TPSA) is 20.2 Å². The third-order valence-electron chi connectivity index (χ3n) is 10.7. The molecule has 0 radical (unpaired) electrons. The van der Waals surface area contributed by atoms with E-state index in [1.807, 2.05) is 0 Å². The molecule has 0 bridgehead atoms. The van der Waals surface area contributed by atoms with E-state index < -0.39 is 0 Å². The zero-order chi connectivity index (χ0) is 33.9. The monoisotopic (exact) mass is 655 g/mol. The van der Waals surface area contributed by atoms with Crippen molar-refractivity contribution in [1.82, 2.24) is 0 Å². The third kappa shape index (κ3) is 27.5. The van der Waals surface area contributed by atoms with Crippen LogP contribution in [0.2, 0.25) is 0 Å². The van der Waals surface area contributed by atoms with Crippen molar-refractivity contribution in [3.05, 3.63) is 28.8 Å². The van der Waals surface area contributed by atoms with Crippen LogP contribution in [0.15, 0.2) is 12.1 Å². The van der Waals surface area contributed by atoms with Gasteiger partial charge in [-0.1, -0.05) is 232 Å². The van der Waals surface area contributed by atoms with E-state index in [1.165, 1.54) is 241 Å². The summed E-state index contributed by atoms with van der Waals surface area (Å²) in [6, 6.07) is 4.76. The summed E-state index contributed by atoms with van der Waals surface area (Å²) in [6.45, 7) is 6.91. The van der Waals surface area contributed by atoms with Gasteiger partial charge in [-0.2, -0.15) is 0 Å². The highest BCUT2D eigenvalue weighted by molar-refractivity contribution is 5.44. The minimum atomic E-state index is 0.642. The molecule has 1 N–H and O–H groups in total. The lowest BCUT2D eigenvalue weighted by atomic mass is 9.93. The molecule has 0 aliphatic rings. The summed E-state index contributed by atoms with van der Waals surface area (Å²) in [5.74, 6) is 0.642. The Kier molecular flexibility index (Phi) is 32.7. The van der Waals surface area contributed by atoms with Crippen molar-refractivity contribution >= 4 is 0 Å². The second-order valence-electron chi connectivity index (χ2n) is 15.5. The molecule has 1 aromatic rings. The summed E-state index contributed by atoms with van der Waals surface area (Å²) < 4.78 is 0. The van der Waals surface area contributed by atoms with E-state index in [0.717, 1.165) is 12.8 Å². The number of benzene rings is 1. The van der Waals surface area contributed by atoms with Crippen LogP contribution in [0.1, 0.15) is 256 Å². The SMILES string of the molecule is CCCCCCCCCCCCCCCc1cc(CCCCCCCCCCC)cc(CCCCCCCCCCCCCC)c1O. The largest absolute Gasteiger partial charge is 0.507 e. The van der Waals surface area contributed by atoms with Crippen LogP contribution in [0.25, 0.3) is 0 Å². The normalized spacial score (nSPS) is 11.6. The van der Waals surface area contributed by atoms with Gasteiger partial charge in [-0.25, -0.2) is 0 Å². The average Bonchev–Trinajstić information content (AvgIpc) is 3.08. The Labute approximate surface area is 297 Å². The summed E-state index contributed by atoms with van der Waals surface area (Å²) in [6.07, 6.45) is 50.6. The standard InChI is InChI=1S/C46H86O/c1-4-7-10-13-16-19-21-23-25-28-31-34-37-40-45-42-43(38-35-32-29-26-18-15-12-9-6-3)41-44(46(45)47)39-36-33-30-27-24-22-20-17-14-11-8-5-2/h41-42,47H,4-40H2,1-3H3. The Hall–Kier alpha value is -0.980. The van der Waals surface area contributed by atoms with Crippen LogP contribution in [0, 0.1) is 0 Å². The van der Waals surface area contributed by atoms with Crippen LogP contribution in [0.4, 0.5) is 0 Å². The molecule has 47 heavy (non-hydrogen) atoms. The van der Waals surface area contributed by atoms with Gasteiger partial charge in [0, 0.05) is 0 Å². The molecule has 0 saturated carbocycles. The van der Waals surface area contributed by atoms with Gasteiger partial charge in [0.25, 0.3) is 0 Å². The molecule has 0 aromatic heterocycles. The number of phenolic OH excluding ortho intramolecular Hbond substituents is 1. The van der Waals surface area contributed by atoms with E-state index >= 15 is 0 Å². The van der Waals surface area contributed by atoms with Gasteiger partial charge in [0.15, 0.2) is 0 Å². The molecule has 0 saturated heterocycles. The molecular weight excluding hydrogens is 569 g/mol. The van der Waals surface area contributed by atoms with Crippen molar-refractivity contribution in [2.45, 2.75) is 258 Å². The molecule has 0 atom stereocenters. The van der Waals surface area contributed by atoms with E-state index in [1.54, 1.807) is 0 Å². The Bertz CT molecular complexity index is 767. The molecule has 0 spiro atoms. The summed E-state index contributed by atoms with van der Waals surface area (Å²) in [4.78, 5) is 0. The molecule has 0 fully saturated rings. The quantitative estimate of drug-likeness (QED) is 0.0708. The number of hydrogen-bond acceptors (Lipinski definition) is 1. The van der Waals surface area contributed by atoms with Crippen molar-refractivity contribution in [1.29, 1.82) is 0 Å². The van der Waals surface area contributed by atoms with Gasteiger partial charge in [0.2, 0.25) is 0 Å². The molecule has 276 valence electrons. The van der Waals surface area contributed by atoms with Crippen LogP contribution in [-0.2, 0) is 19.3 Å². The number of unbranched alkanes of at least 4 members (excludes halogenated alkanes) is 31. The maximum Gasteiger partial charge on any atom is 0.121 e. The first kappa shape index (κ1) is 44.0. The van der Waals surface area contributed by atoms with Crippen molar-refractivity contribution in [3.8, 4) is 5.75 Å². The molecule has 1 rings (SSSR count). The number of aryl methyl sites for hydroxylation is 3. The minimum absolute atomic E-state index is 0.642. The van der Waals surface area contributed by atoms with Crippen molar-refractivity contribution in [3.63, 3.8) is 0 Å². The summed E-state index contributed by atoms with van der Waals surface area (Å²) in [5.41, 5.74) is 3.98. The molecular formula is C46H86O. The van der Waals surface area contributed by atoms with E-state index in [2.05, 4.69) is 32.9 Å². The lowest BCUT2D eigenvalue weighted by Gasteiger charge is -2.14. The zero-order valence-corrected chi connectivity index (χ0v) is 32.8. The lowest BCUT2D eigenvalue weighted by Crippen LogP contribution is -1.98. The van der Waals surface area contributed by atoms with Gasteiger partial charge < -0.3 is 5.11 Å². The molecule has 0 aliphatic heterocycles. The summed E-state index contributed by atoms with van der Waals surface area (Å²) >= 11 is 0. The van der Waals surface area contributed by atoms with Crippen LogP contribution in [0.5, 0.6) is 5.75 Å². The van der Waals surface area contributed by atoms with Gasteiger partial charge in [-0.05, 0) is 55.2 Å². The maximum atomic E-state index is 11.3. The van der Waals surface area contributed by atoms with Crippen molar-refractivity contribution < 1.29 is 5.11 Å². The van der Waals surface area contributed by atoms with Crippen LogP contribution in [0.3, 0.4) is 0 Å². The summed E-state index contributed by atoms with van der Waals surface area (Å²) in [7, 11) is 0. The average molecular weight is 655 g/mol. The van der Waals surface area contributed by atoms with Gasteiger partial charge in [-0.3, -0.25) is 0 Å². The maximum absolute atomic E-state index is 11.3. The highest BCUT2D eigenvalue weighted by Gasteiger charge is 2.11. The van der Waals surface area contributed by atoms with E-state index in [4.69, 9.17) is 0 Å². The number of rotatable bonds is 37. The first-order chi connectivity index (χ1) is 23.2. The highest BCUT2D eigenvalue weighted by Crippen LogP contribution is 2.29. The second-order valence-corrected chi connectivity index (χ2v) is 15.5. The van der Waals surface area contributed by atoms with E-state index in [0.29, 0.717) is 5.75 Å². The van der Waals surface area contributed by atoms with Gasteiger partial charge in [0.05, 0.1) is 0 Å². The predicted molar refractivity (Wildman–Crippen MR) is 213 cm³/mol. The fourth-order valence-corrected chi connectivity index (χ4v) is 7.49. The van der Waals surface area contributed by atoms with E-state index in [-0.39, 0.29) is 0 Å². The number of hydrogen-bond donors (Lipinski definition) is 1. The van der Waals surface area contributed by atoms with Gasteiger partial charge in [0.1, 0.15) is 5.75 Å². The fourth-order valence-electron chi connectivity index (χ4n) is 7.49. The first-order valence-electron chi connectivity index (χ1n) is 22.1. The number of aromatic hydroxyl groups is 1. The van der Waals surface area contributed by atoms with Crippen LogP contribution in [-0.4, -0.2) is 5.11 Å². The minimum Gasteiger partial charge on any atom is -0.507 e.